The van der Waals surface area contributed by atoms with Crippen LogP contribution in [-0.4, -0.2) is 14.8 Å². The summed E-state index contributed by atoms with van der Waals surface area (Å²) in [5.74, 6) is 0.134. The number of hydrogen-bond donors (Lipinski definition) is 1. The average Bonchev–Trinajstić information content (AvgIpc) is 3.04. The standard InChI is InChI=1S/C17H11Cl2FN4/c18-11-6-4-10(5-7-11)14-8-15(24-17(23-14)21-9-22-24)16-12(19)2-1-3-13(16)20/h1-9,15H,(H,21,22,23)/t15-/m1/s1. The van der Waals surface area contributed by atoms with Crippen molar-refractivity contribution in [2.45, 2.75) is 6.04 Å². The summed E-state index contributed by atoms with van der Waals surface area (Å²) in [7, 11) is 0. The van der Waals surface area contributed by atoms with Crippen molar-refractivity contribution in [2.75, 3.05) is 5.32 Å². The maximum Gasteiger partial charge on any atom is 0.226 e. The molecule has 0 saturated carbocycles. The Bertz CT molecular complexity index is 914. The molecule has 7 heteroatoms. The van der Waals surface area contributed by atoms with Gasteiger partial charge in [0.2, 0.25) is 5.95 Å². The highest BCUT2D eigenvalue weighted by Crippen LogP contribution is 2.36. The second-order valence-electron chi connectivity index (χ2n) is 5.32. The van der Waals surface area contributed by atoms with Crippen LogP contribution in [0.25, 0.3) is 5.70 Å². The molecule has 0 amide bonds. The van der Waals surface area contributed by atoms with Gasteiger partial charge < -0.3 is 5.32 Å². The molecule has 0 unspecified atom stereocenters. The van der Waals surface area contributed by atoms with Gasteiger partial charge in [0.15, 0.2) is 0 Å². The molecule has 1 aliphatic heterocycles. The molecule has 0 bridgehead atoms. The lowest BCUT2D eigenvalue weighted by molar-refractivity contribution is 0.551. The van der Waals surface area contributed by atoms with Crippen LogP contribution in [-0.2, 0) is 0 Å². The number of benzene rings is 2. The summed E-state index contributed by atoms with van der Waals surface area (Å²) in [5.41, 5.74) is 2.06. The van der Waals surface area contributed by atoms with Crippen LogP contribution in [0.2, 0.25) is 10.0 Å². The maximum absolute atomic E-state index is 14.4. The minimum Gasteiger partial charge on any atom is -0.324 e. The van der Waals surface area contributed by atoms with Gasteiger partial charge >= 0.3 is 0 Å². The second-order valence-corrected chi connectivity index (χ2v) is 6.16. The predicted molar refractivity (Wildman–Crippen MR) is 92.6 cm³/mol. The molecule has 2 aromatic carbocycles. The van der Waals surface area contributed by atoms with Gasteiger partial charge in [0, 0.05) is 21.3 Å². The van der Waals surface area contributed by atoms with E-state index in [9.17, 15) is 4.39 Å². The molecule has 120 valence electrons. The van der Waals surface area contributed by atoms with Crippen LogP contribution in [0.4, 0.5) is 10.3 Å². The Hall–Kier alpha value is -2.37. The highest BCUT2D eigenvalue weighted by Gasteiger charge is 2.27. The number of aromatic nitrogens is 3. The molecule has 4 rings (SSSR count). The highest BCUT2D eigenvalue weighted by atomic mass is 35.5. The van der Waals surface area contributed by atoms with Crippen molar-refractivity contribution in [3.8, 4) is 0 Å². The summed E-state index contributed by atoms with van der Waals surface area (Å²) < 4.78 is 16.0. The van der Waals surface area contributed by atoms with Crippen molar-refractivity contribution in [3.63, 3.8) is 0 Å². The molecule has 0 saturated heterocycles. The molecular formula is C17H11Cl2FN4. The van der Waals surface area contributed by atoms with Gasteiger partial charge in [-0.05, 0) is 35.9 Å². The molecular weight excluding hydrogens is 350 g/mol. The zero-order valence-corrected chi connectivity index (χ0v) is 13.8. The summed E-state index contributed by atoms with van der Waals surface area (Å²) in [5, 5.41) is 8.37. The molecule has 0 spiro atoms. The molecule has 1 aliphatic rings. The number of fused-ring (bicyclic) bond motifs is 1. The van der Waals surface area contributed by atoms with Gasteiger partial charge in [0.25, 0.3) is 0 Å². The summed E-state index contributed by atoms with van der Waals surface area (Å²) in [4.78, 5) is 4.19. The first-order chi connectivity index (χ1) is 11.6. The number of halogens is 3. The Balaban J connectivity index is 1.87. The molecule has 1 N–H and O–H groups in total. The average molecular weight is 361 g/mol. The minimum absolute atomic E-state index is 0.343. The molecule has 0 radical (unpaired) electrons. The second kappa shape index (κ2) is 5.92. The predicted octanol–water partition coefficient (Wildman–Crippen LogP) is 4.78. The first-order valence-electron chi connectivity index (χ1n) is 7.21. The van der Waals surface area contributed by atoms with Gasteiger partial charge in [-0.1, -0.05) is 41.4 Å². The van der Waals surface area contributed by atoms with E-state index < -0.39 is 6.04 Å². The molecule has 1 aromatic heterocycles. The SMILES string of the molecule is Fc1cccc(Cl)c1[C@H]1C=C(c2ccc(Cl)cc2)Nc2ncnn21. The van der Waals surface area contributed by atoms with Gasteiger partial charge in [0.05, 0.1) is 0 Å². The van der Waals surface area contributed by atoms with E-state index in [1.807, 2.05) is 18.2 Å². The van der Waals surface area contributed by atoms with E-state index in [1.54, 1.807) is 28.9 Å². The monoisotopic (exact) mass is 360 g/mol. The van der Waals surface area contributed by atoms with Crippen molar-refractivity contribution in [1.29, 1.82) is 0 Å². The number of rotatable bonds is 2. The number of nitrogens with zero attached hydrogens (tertiary/aromatic N) is 3. The quantitative estimate of drug-likeness (QED) is 0.714. The lowest BCUT2D eigenvalue weighted by atomic mass is 10.0. The van der Waals surface area contributed by atoms with Crippen LogP contribution in [0.15, 0.2) is 54.9 Å². The van der Waals surface area contributed by atoms with E-state index in [0.29, 0.717) is 21.6 Å². The topological polar surface area (TPSA) is 42.7 Å². The van der Waals surface area contributed by atoms with E-state index in [2.05, 4.69) is 15.4 Å². The van der Waals surface area contributed by atoms with Crippen molar-refractivity contribution < 1.29 is 4.39 Å². The molecule has 2 heterocycles. The van der Waals surface area contributed by atoms with E-state index in [-0.39, 0.29) is 5.82 Å². The smallest absolute Gasteiger partial charge is 0.226 e. The molecule has 0 fully saturated rings. The number of hydrogen-bond acceptors (Lipinski definition) is 3. The van der Waals surface area contributed by atoms with E-state index in [0.717, 1.165) is 11.3 Å². The fourth-order valence-electron chi connectivity index (χ4n) is 2.73. The van der Waals surface area contributed by atoms with Crippen molar-refractivity contribution in [3.05, 3.63) is 81.9 Å². The normalized spacial score (nSPS) is 16.3. The molecule has 0 aliphatic carbocycles. The van der Waals surface area contributed by atoms with Crippen LogP contribution in [0.5, 0.6) is 0 Å². The summed E-state index contributed by atoms with van der Waals surface area (Å²) in [6.07, 6.45) is 3.29. The minimum atomic E-state index is -0.497. The zero-order valence-electron chi connectivity index (χ0n) is 12.2. The maximum atomic E-state index is 14.4. The van der Waals surface area contributed by atoms with Gasteiger partial charge in [-0.3, -0.25) is 0 Å². The first kappa shape index (κ1) is 15.2. The summed E-state index contributed by atoms with van der Waals surface area (Å²) in [6, 6.07) is 11.5. The molecule has 24 heavy (non-hydrogen) atoms. The molecule has 1 atom stereocenters. The van der Waals surface area contributed by atoms with Crippen LogP contribution >= 0.6 is 23.2 Å². The third kappa shape index (κ3) is 2.56. The van der Waals surface area contributed by atoms with Crippen LogP contribution in [0.3, 0.4) is 0 Å². The van der Waals surface area contributed by atoms with E-state index >= 15 is 0 Å². The third-order valence-corrected chi connectivity index (χ3v) is 4.44. The molecule has 4 nitrogen and oxygen atoms in total. The Kier molecular flexibility index (Phi) is 3.75. The van der Waals surface area contributed by atoms with Gasteiger partial charge in [0.1, 0.15) is 18.2 Å². The van der Waals surface area contributed by atoms with E-state index in [4.69, 9.17) is 23.2 Å². The van der Waals surface area contributed by atoms with Gasteiger partial charge in [-0.25, -0.2) is 9.07 Å². The fourth-order valence-corrected chi connectivity index (χ4v) is 3.13. The van der Waals surface area contributed by atoms with Crippen molar-refractivity contribution in [1.82, 2.24) is 14.8 Å². The fraction of sp³-hybridized carbons (Fsp3) is 0.0588. The number of nitrogens with one attached hydrogen (secondary N) is 1. The van der Waals surface area contributed by atoms with Crippen molar-refractivity contribution in [2.24, 2.45) is 0 Å². The van der Waals surface area contributed by atoms with E-state index in [1.165, 1.54) is 12.4 Å². The third-order valence-electron chi connectivity index (χ3n) is 3.86. The Morgan fingerprint density at radius 3 is 2.62 bits per heavy atom. The Morgan fingerprint density at radius 2 is 1.88 bits per heavy atom. The van der Waals surface area contributed by atoms with Crippen molar-refractivity contribution >= 4 is 34.8 Å². The highest BCUT2D eigenvalue weighted by molar-refractivity contribution is 6.31. The summed E-state index contributed by atoms with van der Waals surface area (Å²) >= 11 is 12.2. The molecule has 3 aromatic rings. The first-order valence-corrected chi connectivity index (χ1v) is 7.97. The number of anilines is 1. The Morgan fingerprint density at radius 1 is 1.08 bits per heavy atom. The largest absolute Gasteiger partial charge is 0.324 e. The number of allylic oxidation sites excluding steroid dienone is 1. The zero-order chi connectivity index (χ0) is 16.7. The summed E-state index contributed by atoms with van der Waals surface area (Å²) in [6.45, 7) is 0. The Labute approximate surface area is 147 Å². The van der Waals surface area contributed by atoms with Crippen LogP contribution < -0.4 is 5.32 Å². The van der Waals surface area contributed by atoms with Crippen LogP contribution in [0, 0.1) is 5.82 Å². The van der Waals surface area contributed by atoms with Gasteiger partial charge in [-0.15, -0.1) is 0 Å². The van der Waals surface area contributed by atoms with Gasteiger partial charge in [-0.2, -0.15) is 10.1 Å². The van der Waals surface area contributed by atoms with Crippen LogP contribution in [0.1, 0.15) is 17.2 Å². The lowest BCUT2D eigenvalue weighted by Gasteiger charge is -2.25. The lowest BCUT2D eigenvalue weighted by Crippen LogP contribution is -2.21.